The summed E-state index contributed by atoms with van der Waals surface area (Å²) < 4.78 is 26.4. The SMILES string of the molecule is CC1(C(=O)O)CCCN1c1ccc([N+](=O)[O-])cc1C(F)F. The highest BCUT2D eigenvalue weighted by Crippen LogP contribution is 2.40. The van der Waals surface area contributed by atoms with Crippen LogP contribution in [-0.4, -0.2) is 28.1 Å². The van der Waals surface area contributed by atoms with E-state index in [0.717, 1.165) is 12.1 Å². The van der Waals surface area contributed by atoms with Crippen molar-refractivity contribution in [2.75, 3.05) is 11.4 Å². The summed E-state index contributed by atoms with van der Waals surface area (Å²) in [6.07, 6.45) is -2.02. The second-order valence-electron chi connectivity index (χ2n) is 5.14. The Bertz CT molecular complexity index is 594. The van der Waals surface area contributed by atoms with E-state index in [4.69, 9.17) is 0 Å². The number of hydrogen-bond donors (Lipinski definition) is 1. The van der Waals surface area contributed by atoms with E-state index in [9.17, 15) is 28.8 Å². The molecule has 1 fully saturated rings. The quantitative estimate of drug-likeness (QED) is 0.682. The molecule has 1 unspecified atom stereocenters. The Hall–Kier alpha value is -2.25. The third kappa shape index (κ3) is 2.53. The summed E-state index contributed by atoms with van der Waals surface area (Å²) in [6, 6.07) is 3.12. The van der Waals surface area contributed by atoms with E-state index in [-0.39, 0.29) is 5.69 Å². The Morgan fingerprint density at radius 1 is 1.52 bits per heavy atom. The van der Waals surface area contributed by atoms with Crippen LogP contribution in [0.4, 0.5) is 20.2 Å². The number of halogens is 2. The van der Waals surface area contributed by atoms with Crippen molar-refractivity contribution in [1.82, 2.24) is 0 Å². The molecule has 1 aliphatic heterocycles. The molecule has 0 saturated carbocycles. The highest BCUT2D eigenvalue weighted by molar-refractivity contribution is 5.84. The van der Waals surface area contributed by atoms with Crippen LogP contribution in [0.5, 0.6) is 0 Å². The fraction of sp³-hybridized carbons (Fsp3) is 0.462. The Morgan fingerprint density at radius 3 is 2.71 bits per heavy atom. The van der Waals surface area contributed by atoms with Gasteiger partial charge in [0.05, 0.1) is 4.92 Å². The molecule has 0 radical (unpaired) electrons. The van der Waals surface area contributed by atoms with Crippen molar-refractivity contribution in [3.05, 3.63) is 33.9 Å². The van der Waals surface area contributed by atoms with E-state index in [1.54, 1.807) is 0 Å². The van der Waals surface area contributed by atoms with Gasteiger partial charge in [0.25, 0.3) is 12.1 Å². The van der Waals surface area contributed by atoms with Crippen molar-refractivity contribution >= 4 is 17.3 Å². The monoisotopic (exact) mass is 300 g/mol. The van der Waals surface area contributed by atoms with Crippen molar-refractivity contribution in [2.45, 2.75) is 31.7 Å². The molecular formula is C13H14F2N2O4. The highest BCUT2D eigenvalue weighted by Gasteiger charge is 2.44. The number of nitro benzene ring substituents is 1. The van der Waals surface area contributed by atoms with Gasteiger partial charge in [-0.1, -0.05) is 0 Å². The topological polar surface area (TPSA) is 83.7 Å². The summed E-state index contributed by atoms with van der Waals surface area (Å²) in [5.41, 5.74) is -2.19. The zero-order chi connectivity index (χ0) is 15.8. The van der Waals surface area contributed by atoms with Crippen molar-refractivity contribution in [2.24, 2.45) is 0 Å². The number of non-ortho nitro benzene ring substituents is 1. The predicted molar refractivity (Wildman–Crippen MR) is 70.7 cm³/mol. The number of carboxylic acids is 1. The smallest absolute Gasteiger partial charge is 0.329 e. The number of nitrogens with zero attached hydrogens (tertiary/aromatic N) is 2. The van der Waals surface area contributed by atoms with Crippen LogP contribution in [0.1, 0.15) is 31.8 Å². The molecule has 21 heavy (non-hydrogen) atoms. The molecule has 1 saturated heterocycles. The van der Waals surface area contributed by atoms with Gasteiger partial charge in [0.15, 0.2) is 0 Å². The number of rotatable bonds is 4. The molecule has 1 aromatic rings. The van der Waals surface area contributed by atoms with Gasteiger partial charge in [0.1, 0.15) is 5.54 Å². The van der Waals surface area contributed by atoms with Crippen LogP contribution in [0.15, 0.2) is 18.2 Å². The Labute approximate surface area is 119 Å². The molecular weight excluding hydrogens is 286 g/mol. The third-order valence-corrected chi connectivity index (χ3v) is 3.85. The normalized spacial score (nSPS) is 21.8. The van der Waals surface area contributed by atoms with Crippen molar-refractivity contribution in [3.63, 3.8) is 0 Å². The summed E-state index contributed by atoms with van der Waals surface area (Å²) in [7, 11) is 0. The maximum absolute atomic E-state index is 13.2. The molecule has 1 aliphatic rings. The third-order valence-electron chi connectivity index (χ3n) is 3.85. The molecule has 1 atom stereocenters. The van der Waals surface area contributed by atoms with E-state index in [0.29, 0.717) is 19.4 Å². The second kappa shape index (κ2) is 5.27. The molecule has 0 aliphatic carbocycles. The number of alkyl halides is 2. The van der Waals surface area contributed by atoms with E-state index in [1.165, 1.54) is 17.9 Å². The van der Waals surface area contributed by atoms with Gasteiger partial charge in [-0.3, -0.25) is 10.1 Å². The Morgan fingerprint density at radius 2 is 2.19 bits per heavy atom. The molecule has 0 aromatic heterocycles. The van der Waals surface area contributed by atoms with Gasteiger partial charge in [-0.2, -0.15) is 0 Å². The molecule has 0 spiro atoms. The first-order valence-electron chi connectivity index (χ1n) is 6.35. The lowest BCUT2D eigenvalue weighted by Gasteiger charge is -2.34. The summed E-state index contributed by atoms with van der Waals surface area (Å²) in [5.74, 6) is -1.10. The molecule has 1 N–H and O–H groups in total. The van der Waals surface area contributed by atoms with E-state index in [1.807, 2.05) is 0 Å². The number of carbonyl (C=O) groups is 1. The van der Waals surface area contributed by atoms with Crippen LogP contribution in [-0.2, 0) is 4.79 Å². The van der Waals surface area contributed by atoms with Gasteiger partial charge < -0.3 is 10.0 Å². The Balaban J connectivity index is 2.53. The number of hydrogen-bond acceptors (Lipinski definition) is 4. The number of benzene rings is 1. The van der Waals surface area contributed by atoms with Crippen LogP contribution in [0, 0.1) is 10.1 Å². The van der Waals surface area contributed by atoms with Crippen LogP contribution >= 0.6 is 0 Å². The number of aliphatic carboxylic acids is 1. The highest BCUT2D eigenvalue weighted by atomic mass is 19.3. The lowest BCUT2D eigenvalue weighted by molar-refractivity contribution is -0.385. The summed E-state index contributed by atoms with van der Waals surface area (Å²) in [5, 5.41) is 20.0. The lowest BCUT2D eigenvalue weighted by atomic mass is 9.98. The molecule has 0 bridgehead atoms. The van der Waals surface area contributed by atoms with Gasteiger partial charge in [-0.15, -0.1) is 0 Å². The number of nitro groups is 1. The first kappa shape index (κ1) is 15.1. The maximum atomic E-state index is 13.2. The largest absolute Gasteiger partial charge is 0.480 e. The fourth-order valence-electron chi connectivity index (χ4n) is 2.65. The van der Waals surface area contributed by atoms with Gasteiger partial charge in [0, 0.05) is 29.9 Å². The van der Waals surface area contributed by atoms with Crippen LogP contribution in [0.2, 0.25) is 0 Å². The fourth-order valence-corrected chi connectivity index (χ4v) is 2.65. The van der Waals surface area contributed by atoms with Gasteiger partial charge in [0.2, 0.25) is 0 Å². The van der Waals surface area contributed by atoms with Gasteiger partial charge >= 0.3 is 5.97 Å². The summed E-state index contributed by atoms with van der Waals surface area (Å²) in [6.45, 7) is 1.79. The molecule has 1 heterocycles. The van der Waals surface area contributed by atoms with Crippen LogP contribution in [0.25, 0.3) is 0 Å². The summed E-state index contributed by atoms with van der Waals surface area (Å²) >= 11 is 0. The summed E-state index contributed by atoms with van der Waals surface area (Å²) in [4.78, 5) is 22.8. The zero-order valence-corrected chi connectivity index (χ0v) is 11.3. The van der Waals surface area contributed by atoms with E-state index >= 15 is 0 Å². The number of carboxylic acid groups (broad SMARTS) is 1. The molecule has 114 valence electrons. The van der Waals surface area contributed by atoms with Crippen molar-refractivity contribution in [1.29, 1.82) is 0 Å². The zero-order valence-electron chi connectivity index (χ0n) is 11.3. The average molecular weight is 300 g/mol. The van der Waals surface area contributed by atoms with E-state index < -0.39 is 34.1 Å². The van der Waals surface area contributed by atoms with Gasteiger partial charge in [-0.05, 0) is 25.8 Å². The number of anilines is 1. The minimum absolute atomic E-state index is 0.0398. The molecule has 8 heteroatoms. The first-order valence-corrected chi connectivity index (χ1v) is 6.35. The minimum Gasteiger partial charge on any atom is -0.480 e. The Kier molecular flexibility index (Phi) is 3.80. The molecule has 1 aromatic carbocycles. The van der Waals surface area contributed by atoms with Crippen LogP contribution < -0.4 is 4.90 Å². The van der Waals surface area contributed by atoms with Crippen LogP contribution in [0.3, 0.4) is 0 Å². The lowest BCUT2D eigenvalue weighted by Crippen LogP contribution is -2.48. The molecule has 2 rings (SSSR count). The van der Waals surface area contributed by atoms with Crippen molar-refractivity contribution in [3.8, 4) is 0 Å². The van der Waals surface area contributed by atoms with Crippen molar-refractivity contribution < 1.29 is 23.6 Å². The molecule has 0 amide bonds. The predicted octanol–water partition coefficient (Wildman–Crippen LogP) is 2.98. The standard InChI is InChI=1S/C13H14F2N2O4/c1-13(12(18)19)5-2-6-16(13)10-4-3-8(17(20)21)7-9(10)11(14)15/h3-4,7,11H,2,5-6H2,1H3,(H,18,19). The van der Waals surface area contributed by atoms with E-state index in [2.05, 4.69) is 0 Å². The minimum atomic E-state index is -2.92. The average Bonchev–Trinajstić information content (AvgIpc) is 2.81. The van der Waals surface area contributed by atoms with Gasteiger partial charge in [-0.25, -0.2) is 13.6 Å². The molecule has 6 nitrogen and oxygen atoms in total. The first-order chi connectivity index (χ1) is 9.77. The maximum Gasteiger partial charge on any atom is 0.329 e. The second-order valence-corrected chi connectivity index (χ2v) is 5.14.